The van der Waals surface area contributed by atoms with Crippen molar-refractivity contribution in [2.75, 3.05) is 0 Å². The zero-order valence-corrected chi connectivity index (χ0v) is 18.9. The first-order valence-electron chi connectivity index (χ1n) is 6.97. The van der Waals surface area contributed by atoms with Crippen LogP contribution in [0.4, 0.5) is 0 Å². The van der Waals surface area contributed by atoms with Crippen molar-refractivity contribution in [3.8, 4) is 5.75 Å². The molecule has 4 heteroatoms. The Bertz CT molecular complexity index is 487. The maximum atomic E-state index is 10.9. The number of phenols is 1. The number of hydrogen-bond acceptors (Lipinski definition) is 3. The molecule has 3 nitrogen and oxygen atoms in total. The van der Waals surface area contributed by atoms with Crippen LogP contribution in [0, 0.1) is 5.41 Å². The van der Waals surface area contributed by atoms with Gasteiger partial charge in [-0.2, -0.15) is 0 Å². The number of aromatic hydroxyl groups is 1. The van der Waals surface area contributed by atoms with E-state index in [1.807, 2.05) is 12.1 Å². The van der Waals surface area contributed by atoms with Gasteiger partial charge in [-0.15, -0.1) is 0 Å². The molecule has 0 heterocycles. The molecular formula is C16H24HgO3. The fourth-order valence-electron chi connectivity index (χ4n) is 2.73. The SMILES string of the molecule is CC(=O)[O][Hg][c]1cc(C(C)(C)CC(C)(C)C)ccc1O. The molecule has 0 aromatic heterocycles. The summed E-state index contributed by atoms with van der Waals surface area (Å²) in [5.41, 5.74) is 1.47. The molecule has 0 atom stereocenters. The number of phenolic OH excluding ortho intramolecular Hbond substituents is 1. The molecule has 0 aliphatic rings. The van der Waals surface area contributed by atoms with Gasteiger partial charge in [-0.25, -0.2) is 0 Å². The van der Waals surface area contributed by atoms with E-state index in [1.165, 1.54) is 12.5 Å². The van der Waals surface area contributed by atoms with E-state index < -0.39 is 25.0 Å². The van der Waals surface area contributed by atoms with E-state index in [-0.39, 0.29) is 22.5 Å². The van der Waals surface area contributed by atoms with Gasteiger partial charge in [0.05, 0.1) is 0 Å². The predicted molar refractivity (Wildman–Crippen MR) is 76.6 cm³/mol. The number of hydrogen-bond donors (Lipinski definition) is 1. The van der Waals surface area contributed by atoms with Gasteiger partial charge >= 0.3 is 135 Å². The number of rotatable bonds is 4. The quantitative estimate of drug-likeness (QED) is 0.695. The predicted octanol–water partition coefficient (Wildman–Crippen LogP) is 3.29. The fourth-order valence-corrected chi connectivity index (χ4v) is 6.34. The summed E-state index contributed by atoms with van der Waals surface area (Å²) in [6, 6.07) is 5.75. The van der Waals surface area contributed by atoms with Crippen LogP contribution in [0.15, 0.2) is 18.2 Å². The van der Waals surface area contributed by atoms with Gasteiger partial charge in [-0.1, -0.05) is 0 Å². The zero-order chi connectivity index (χ0) is 15.6. The van der Waals surface area contributed by atoms with Gasteiger partial charge in [0, 0.05) is 0 Å². The van der Waals surface area contributed by atoms with Crippen LogP contribution in [0.2, 0.25) is 0 Å². The number of carbonyl (C=O) groups is 1. The van der Waals surface area contributed by atoms with Crippen LogP contribution < -0.4 is 3.07 Å². The first-order chi connectivity index (χ1) is 9.01. The summed E-state index contributed by atoms with van der Waals surface area (Å²) in [4.78, 5) is 10.9. The van der Waals surface area contributed by atoms with E-state index in [2.05, 4.69) is 34.6 Å². The minimum atomic E-state index is -2.00. The summed E-state index contributed by atoms with van der Waals surface area (Å²) in [6.45, 7) is 12.6. The van der Waals surface area contributed by atoms with Crippen molar-refractivity contribution >= 4 is 9.04 Å². The Kier molecular flexibility index (Phi) is 5.65. The minimum absolute atomic E-state index is 0.0325. The molecule has 1 rings (SSSR count). The van der Waals surface area contributed by atoms with E-state index in [9.17, 15) is 9.90 Å². The number of carbonyl (C=O) groups excluding carboxylic acids is 1. The monoisotopic (exact) mass is 466 g/mol. The molecule has 0 amide bonds. The van der Waals surface area contributed by atoms with Crippen molar-refractivity contribution < 1.29 is 37.6 Å². The Hall–Kier alpha value is -0.575. The van der Waals surface area contributed by atoms with Crippen molar-refractivity contribution in [2.45, 2.75) is 53.4 Å². The first kappa shape index (κ1) is 17.5. The molecule has 0 radical (unpaired) electrons. The van der Waals surface area contributed by atoms with Crippen molar-refractivity contribution in [3.05, 3.63) is 23.8 Å². The van der Waals surface area contributed by atoms with Crippen LogP contribution in [0.3, 0.4) is 0 Å². The first-order valence-corrected chi connectivity index (χ1v) is 12.0. The van der Waals surface area contributed by atoms with Crippen LogP contribution in [0.1, 0.15) is 53.5 Å². The molecule has 0 fully saturated rings. The van der Waals surface area contributed by atoms with E-state index in [4.69, 9.17) is 2.64 Å². The average Bonchev–Trinajstić information content (AvgIpc) is 2.24. The molecule has 0 aliphatic carbocycles. The molecule has 0 spiro atoms. The topological polar surface area (TPSA) is 46.5 Å². The molecular weight excluding hydrogens is 441 g/mol. The second-order valence-electron chi connectivity index (χ2n) is 7.25. The third kappa shape index (κ3) is 5.43. The fraction of sp³-hybridized carbons (Fsp3) is 0.562. The van der Waals surface area contributed by atoms with E-state index >= 15 is 0 Å². The van der Waals surface area contributed by atoms with Crippen LogP contribution in [-0.2, 0) is 37.9 Å². The van der Waals surface area contributed by atoms with Crippen molar-refractivity contribution in [2.24, 2.45) is 5.41 Å². The van der Waals surface area contributed by atoms with Crippen LogP contribution >= 0.6 is 0 Å². The molecule has 1 N–H and O–H groups in total. The third-order valence-corrected chi connectivity index (χ3v) is 8.82. The Morgan fingerprint density at radius 2 is 1.85 bits per heavy atom. The summed E-state index contributed by atoms with van der Waals surface area (Å²) in [7, 11) is 0. The van der Waals surface area contributed by atoms with Crippen LogP contribution in [0.5, 0.6) is 5.75 Å². The second-order valence-corrected chi connectivity index (χ2v) is 12.5. The Labute approximate surface area is 134 Å². The standard InChI is InChI=1S/C14H21O.C2H4O2.Hg/c1-13(2,3)10-14(4,5)11-6-8-12(15)9-7-11;1-2(3)4;/h6-8,15H,10H2,1-5H3;1H3,(H,3,4);/q;;+1/p-1. The van der Waals surface area contributed by atoms with E-state index in [1.54, 1.807) is 6.07 Å². The molecule has 1 aromatic carbocycles. The number of benzene rings is 1. The molecule has 0 saturated heterocycles. The molecule has 0 unspecified atom stereocenters. The third-order valence-electron chi connectivity index (χ3n) is 3.26. The Balaban J connectivity index is 3.01. The summed E-state index contributed by atoms with van der Waals surface area (Å²) >= 11 is -2.00. The van der Waals surface area contributed by atoms with Gasteiger partial charge in [0.15, 0.2) is 0 Å². The summed E-state index contributed by atoms with van der Waals surface area (Å²) in [6.07, 6.45) is 1.05. The summed E-state index contributed by atoms with van der Waals surface area (Å²) in [5.74, 6) is 0.0219. The molecule has 20 heavy (non-hydrogen) atoms. The van der Waals surface area contributed by atoms with E-state index in [0.29, 0.717) is 0 Å². The molecule has 1 aromatic rings. The normalized spacial score (nSPS) is 11.9. The zero-order valence-electron chi connectivity index (χ0n) is 13.4. The van der Waals surface area contributed by atoms with Gasteiger partial charge in [0.1, 0.15) is 0 Å². The van der Waals surface area contributed by atoms with Gasteiger partial charge in [0.25, 0.3) is 0 Å². The van der Waals surface area contributed by atoms with Gasteiger partial charge in [-0.05, 0) is 0 Å². The maximum absolute atomic E-state index is 10.9. The summed E-state index contributed by atoms with van der Waals surface area (Å²) < 4.78 is 6.08. The molecule has 0 aliphatic heterocycles. The Morgan fingerprint density at radius 1 is 1.25 bits per heavy atom. The summed E-state index contributed by atoms with van der Waals surface area (Å²) in [5, 5.41) is 9.91. The second kappa shape index (κ2) is 6.46. The molecule has 0 saturated carbocycles. The van der Waals surface area contributed by atoms with Crippen molar-refractivity contribution in [1.29, 1.82) is 0 Å². The molecule has 108 valence electrons. The van der Waals surface area contributed by atoms with Crippen LogP contribution in [0.25, 0.3) is 0 Å². The average molecular weight is 465 g/mol. The van der Waals surface area contributed by atoms with Crippen molar-refractivity contribution in [3.63, 3.8) is 0 Å². The van der Waals surface area contributed by atoms with Crippen LogP contribution in [-0.4, -0.2) is 11.1 Å². The van der Waals surface area contributed by atoms with Crippen molar-refractivity contribution in [1.82, 2.24) is 0 Å². The Morgan fingerprint density at radius 3 is 2.35 bits per heavy atom. The molecule has 0 bridgehead atoms. The van der Waals surface area contributed by atoms with E-state index in [0.717, 1.165) is 9.49 Å². The van der Waals surface area contributed by atoms with Gasteiger partial charge in [-0.3, -0.25) is 0 Å². The van der Waals surface area contributed by atoms with Gasteiger partial charge in [0.2, 0.25) is 0 Å². The van der Waals surface area contributed by atoms with Gasteiger partial charge < -0.3 is 0 Å².